The lowest BCUT2D eigenvalue weighted by atomic mass is 10.1. The summed E-state index contributed by atoms with van der Waals surface area (Å²) in [4.78, 5) is 4.76. The molecule has 0 atom stereocenters. The van der Waals surface area contributed by atoms with Crippen molar-refractivity contribution in [1.29, 1.82) is 0 Å². The van der Waals surface area contributed by atoms with Crippen LogP contribution in [0, 0.1) is 0 Å². The third kappa shape index (κ3) is 2.61. The van der Waals surface area contributed by atoms with E-state index in [-0.39, 0.29) is 0 Å². The number of imidazole rings is 1. The molecule has 21 heavy (non-hydrogen) atoms. The van der Waals surface area contributed by atoms with E-state index in [9.17, 15) is 0 Å². The molecule has 0 saturated heterocycles. The van der Waals surface area contributed by atoms with E-state index in [0.29, 0.717) is 6.04 Å². The molecule has 0 amide bonds. The standard InChI is InChI=1S/C17H18ClN3/c1-11(2)21-16(10-12-6-8-13(19)9-7-12)20-15-5-3-4-14(18)17(15)21/h3-9,11H,10,19H2,1-2H3. The number of rotatable bonds is 3. The summed E-state index contributed by atoms with van der Waals surface area (Å²) in [6, 6.07) is 14.1. The maximum absolute atomic E-state index is 6.37. The van der Waals surface area contributed by atoms with Crippen LogP contribution in [-0.2, 0) is 6.42 Å². The highest BCUT2D eigenvalue weighted by Gasteiger charge is 2.15. The van der Waals surface area contributed by atoms with Gasteiger partial charge in [0.1, 0.15) is 5.82 Å². The molecule has 2 aromatic carbocycles. The second kappa shape index (κ2) is 5.41. The lowest BCUT2D eigenvalue weighted by Gasteiger charge is -2.14. The van der Waals surface area contributed by atoms with Crippen molar-refractivity contribution in [1.82, 2.24) is 9.55 Å². The Balaban J connectivity index is 2.11. The van der Waals surface area contributed by atoms with Crippen LogP contribution >= 0.6 is 11.6 Å². The molecule has 0 saturated carbocycles. The quantitative estimate of drug-likeness (QED) is 0.726. The fourth-order valence-corrected chi connectivity index (χ4v) is 2.91. The average molecular weight is 300 g/mol. The molecule has 0 aliphatic carbocycles. The molecule has 1 heterocycles. The topological polar surface area (TPSA) is 43.8 Å². The highest BCUT2D eigenvalue weighted by molar-refractivity contribution is 6.35. The van der Waals surface area contributed by atoms with Crippen molar-refractivity contribution < 1.29 is 0 Å². The van der Waals surface area contributed by atoms with Crippen LogP contribution in [0.4, 0.5) is 5.69 Å². The monoisotopic (exact) mass is 299 g/mol. The van der Waals surface area contributed by atoms with Crippen LogP contribution < -0.4 is 5.73 Å². The van der Waals surface area contributed by atoms with Gasteiger partial charge in [-0.25, -0.2) is 4.98 Å². The number of hydrogen-bond acceptors (Lipinski definition) is 2. The third-order valence-electron chi connectivity index (χ3n) is 3.59. The summed E-state index contributed by atoms with van der Waals surface area (Å²) in [5.74, 6) is 1.03. The van der Waals surface area contributed by atoms with Crippen molar-refractivity contribution in [2.45, 2.75) is 26.3 Å². The first-order chi connectivity index (χ1) is 10.1. The van der Waals surface area contributed by atoms with Crippen LogP contribution in [-0.4, -0.2) is 9.55 Å². The maximum Gasteiger partial charge on any atom is 0.114 e. The molecule has 0 unspecified atom stereocenters. The smallest absolute Gasteiger partial charge is 0.114 e. The van der Waals surface area contributed by atoms with Gasteiger partial charge in [0.2, 0.25) is 0 Å². The molecule has 4 heteroatoms. The van der Waals surface area contributed by atoms with Crippen molar-refractivity contribution in [3.05, 3.63) is 58.9 Å². The first-order valence-corrected chi connectivity index (χ1v) is 7.44. The predicted molar refractivity (Wildman–Crippen MR) is 88.8 cm³/mol. The van der Waals surface area contributed by atoms with Crippen LogP contribution in [0.15, 0.2) is 42.5 Å². The Kier molecular flexibility index (Phi) is 3.60. The molecular formula is C17H18ClN3. The second-order valence-corrected chi connectivity index (χ2v) is 5.92. The fourth-order valence-electron chi connectivity index (χ4n) is 2.65. The van der Waals surface area contributed by atoms with Gasteiger partial charge in [-0.1, -0.05) is 29.8 Å². The number of nitrogens with zero attached hydrogens (tertiary/aromatic N) is 2. The second-order valence-electron chi connectivity index (χ2n) is 5.52. The number of hydrogen-bond donors (Lipinski definition) is 1. The zero-order valence-corrected chi connectivity index (χ0v) is 12.9. The Morgan fingerprint density at radius 3 is 2.52 bits per heavy atom. The number of fused-ring (bicyclic) bond motifs is 1. The molecule has 3 rings (SSSR count). The minimum Gasteiger partial charge on any atom is -0.399 e. The van der Waals surface area contributed by atoms with Gasteiger partial charge < -0.3 is 10.3 Å². The number of nitrogen functional groups attached to an aromatic ring is 1. The summed E-state index contributed by atoms with van der Waals surface area (Å²) in [5, 5.41) is 0.747. The number of benzene rings is 2. The number of anilines is 1. The van der Waals surface area contributed by atoms with E-state index in [2.05, 4.69) is 18.4 Å². The minimum atomic E-state index is 0.304. The molecule has 0 fully saturated rings. The van der Waals surface area contributed by atoms with E-state index in [1.807, 2.05) is 42.5 Å². The van der Waals surface area contributed by atoms with Crippen molar-refractivity contribution in [3.8, 4) is 0 Å². The summed E-state index contributed by atoms with van der Waals surface area (Å²) >= 11 is 6.37. The highest BCUT2D eigenvalue weighted by atomic mass is 35.5. The van der Waals surface area contributed by atoms with Gasteiger partial charge in [-0.2, -0.15) is 0 Å². The number of para-hydroxylation sites is 1. The average Bonchev–Trinajstić information content (AvgIpc) is 2.81. The van der Waals surface area contributed by atoms with Crippen molar-refractivity contribution in [2.24, 2.45) is 0 Å². The molecule has 0 radical (unpaired) electrons. The molecule has 0 aliphatic rings. The zero-order chi connectivity index (χ0) is 15.0. The number of halogens is 1. The van der Waals surface area contributed by atoms with Gasteiger partial charge in [0.05, 0.1) is 16.1 Å². The van der Waals surface area contributed by atoms with E-state index in [4.69, 9.17) is 22.3 Å². The SMILES string of the molecule is CC(C)n1c(Cc2ccc(N)cc2)nc2cccc(Cl)c21. The largest absolute Gasteiger partial charge is 0.399 e. The zero-order valence-electron chi connectivity index (χ0n) is 12.2. The van der Waals surface area contributed by atoms with E-state index < -0.39 is 0 Å². The number of aromatic nitrogens is 2. The normalized spacial score (nSPS) is 11.4. The van der Waals surface area contributed by atoms with E-state index in [1.165, 1.54) is 5.56 Å². The summed E-state index contributed by atoms with van der Waals surface area (Å²) in [5.41, 5.74) is 9.67. The molecular weight excluding hydrogens is 282 g/mol. The lowest BCUT2D eigenvalue weighted by Crippen LogP contribution is -2.07. The lowest BCUT2D eigenvalue weighted by molar-refractivity contribution is 0.591. The molecule has 0 bridgehead atoms. The Labute approximate surface area is 129 Å². The highest BCUT2D eigenvalue weighted by Crippen LogP contribution is 2.28. The van der Waals surface area contributed by atoms with Crippen LogP contribution in [0.2, 0.25) is 5.02 Å². The van der Waals surface area contributed by atoms with Gasteiger partial charge in [0.25, 0.3) is 0 Å². The molecule has 108 valence electrons. The molecule has 2 N–H and O–H groups in total. The molecule has 3 nitrogen and oxygen atoms in total. The van der Waals surface area contributed by atoms with Gasteiger partial charge >= 0.3 is 0 Å². The van der Waals surface area contributed by atoms with Crippen LogP contribution in [0.1, 0.15) is 31.3 Å². The maximum atomic E-state index is 6.37. The molecule has 0 aliphatic heterocycles. The summed E-state index contributed by atoms with van der Waals surface area (Å²) in [6.45, 7) is 4.30. The van der Waals surface area contributed by atoms with E-state index >= 15 is 0 Å². The van der Waals surface area contributed by atoms with Crippen LogP contribution in [0.5, 0.6) is 0 Å². The van der Waals surface area contributed by atoms with Gasteiger partial charge in [0.15, 0.2) is 0 Å². The summed E-state index contributed by atoms with van der Waals surface area (Å²) in [6.07, 6.45) is 0.767. The Bertz CT molecular complexity index is 773. The Morgan fingerprint density at radius 1 is 1.14 bits per heavy atom. The van der Waals surface area contributed by atoms with Crippen LogP contribution in [0.25, 0.3) is 11.0 Å². The van der Waals surface area contributed by atoms with E-state index in [1.54, 1.807) is 0 Å². The van der Waals surface area contributed by atoms with Gasteiger partial charge in [-0.05, 0) is 43.7 Å². The van der Waals surface area contributed by atoms with Gasteiger partial charge in [-0.15, -0.1) is 0 Å². The summed E-state index contributed by atoms with van der Waals surface area (Å²) in [7, 11) is 0. The van der Waals surface area contributed by atoms with Crippen molar-refractivity contribution >= 4 is 28.3 Å². The van der Waals surface area contributed by atoms with Gasteiger partial charge in [0, 0.05) is 18.2 Å². The Morgan fingerprint density at radius 2 is 1.86 bits per heavy atom. The van der Waals surface area contributed by atoms with Crippen molar-refractivity contribution in [3.63, 3.8) is 0 Å². The Hall–Kier alpha value is -2.00. The van der Waals surface area contributed by atoms with E-state index in [0.717, 1.165) is 34.0 Å². The summed E-state index contributed by atoms with van der Waals surface area (Å²) < 4.78 is 2.22. The van der Waals surface area contributed by atoms with Crippen LogP contribution in [0.3, 0.4) is 0 Å². The molecule has 0 spiro atoms. The number of nitrogens with two attached hydrogens (primary N) is 1. The van der Waals surface area contributed by atoms with Gasteiger partial charge in [-0.3, -0.25) is 0 Å². The first-order valence-electron chi connectivity index (χ1n) is 7.06. The molecule has 1 aromatic heterocycles. The minimum absolute atomic E-state index is 0.304. The first kappa shape index (κ1) is 14.0. The fraction of sp³-hybridized carbons (Fsp3) is 0.235. The predicted octanol–water partition coefficient (Wildman–Crippen LogP) is 4.44. The third-order valence-corrected chi connectivity index (χ3v) is 3.90. The van der Waals surface area contributed by atoms with Crippen molar-refractivity contribution in [2.75, 3.05) is 5.73 Å². The molecule has 3 aromatic rings.